The molecule has 31 nitrogen and oxygen atoms in total. The maximum Gasteiger partial charge on any atom is 0.395 e. The number of amides is 9. The summed E-state index contributed by atoms with van der Waals surface area (Å²) in [6.07, 6.45) is -4.85. The molecule has 0 radical (unpaired) electrons. The van der Waals surface area contributed by atoms with Crippen LogP contribution in [0.2, 0.25) is 0 Å². The highest BCUT2D eigenvalue weighted by Gasteiger charge is 2.46. The van der Waals surface area contributed by atoms with Crippen molar-refractivity contribution in [3.63, 3.8) is 0 Å². The van der Waals surface area contributed by atoms with Crippen molar-refractivity contribution in [1.82, 2.24) is 42.5 Å². The fourth-order valence-electron chi connectivity index (χ4n) is 8.84. The average Bonchev–Trinajstić information content (AvgIpc) is 0.847. The predicted octanol–water partition coefficient (Wildman–Crippen LogP) is -1.08. The number of nitrogens with two attached hydrogens (primary N) is 2. The maximum absolute atomic E-state index is 14.8. The highest BCUT2D eigenvalue weighted by Crippen LogP contribution is 2.33. The third-order valence-electron chi connectivity index (χ3n) is 13.8. The van der Waals surface area contributed by atoms with Crippen molar-refractivity contribution in [3.05, 3.63) is 101 Å². The summed E-state index contributed by atoms with van der Waals surface area (Å²) < 4.78 is 62.0. The number of benzene rings is 3. The zero-order valence-electron chi connectivity index (χ0n) is 50.5. The molecule has 0 aliphatic rings. The van der Waals surface area contributed by atoms with Crippen LogP contribution in [0.1, 0.15) is 93.9 Å². The lowest BCUT2D eigenvalue weighted by Crippen LogP contribution is -2.61. The zero-order chi connectivity index (χ0) is 69.9. The van der Waals surface area contributed by atoms with E-state index in [9.17, 15) is 105 Å². The Bertz CT molecular complexity index is 3260. The van der Waals surface area contributed by atoms with E-state index in [1.807, 2.05) is 0 Å². The minimum absolute atomic E-state index is 0.0437. The number of primary amides is 1. The smallest absolute Gasteiger partial charge is 0.395 e. The molecule has 0 bridgehead atoms. The number of rotatable bonds is 41. The summed E-state index contributed by atoms with van der Waals surface area (Å²) in [5.74, 6) is -16.7. The van der Waals surface area contributed by atoms with Gasteiger partial charge in [-0.05, 0) is 78.9 Å². The molecule has 0 unspecified atom stereocenters. The molecule has 35 heteroatoms. The number of carbonyl (C=O) groups excluding carboxylic acids is 9. The van der Waals surface area contributed by atoms with Crippen molar-refractivity contribution in [2.75, 3.05) is 12.0 Å². The lowest BCUT2D eigenvalue weighted by atomic mass is 10.00. The molecule has 3 aromatic carbocycles. The Morgan fingerprint density at radius 2 is 0.839 bits per heavy atom. The number of aliphatic carboxylic acids is 4. The predicted molar refractivity (Wildman–Crippen MR) is 325 cm³/mol. The first-order valence-electron chi connectivity index (χ1n) is 28.6. The normalized spacial score (nSPS) is 14.3. The Hall–Kier alpha value is -9.35. The molecule has 0 saturated heterocycles. The van der Waals surface area contributed by atoms with Gasteiger partial charge in [0.15, 0.2) is 0 Å². The summed E-state index contributed by atoms with van der Waals surface area (Å²) in [5, 5.41) is 61.8. The van der Waals surface area contributed by atoms with Gasteiger partial charge in [-0.3, -0.25) is 66.9 Å². The van der Waals surface area contributed by atoms with Crippen LogP contribution in [0.15, 0.2) is 78.9 Å². The van der Waals surface area contributed by atoms with E-state index >= 15 is 0 Å². The highest BCUT2D eigenvalue weighted by atomic mass is 32.2. The molecule has 93 heavy (non-hydrogen) atoms. The number of hydrogen-bond donors (Lipinski definition) is 16. The van der Waals surface area contributed by atoms with E-state index in [4.69, 9.17) is 16.6 Å². The molecule has 0 aromatic heterocycles. The Labute approximate surface area is 535 Å². The Kier molecular flexibility index (Phi) is 31.2. The van der Waals surface area contributed by atoms with Gasteiger partial charge >= 0.3 is 39.2 Å². The monoisotopic (exact) mass is 1350 g/mol. The first-order chi connectivity index (χ1) is 43.5. The van der Waals surface area contributed by atoms with E-state index in [1.165, 1.54) is 36.4 Å². The van der Waals surface area contributed by atoms with E-state index in [0.717, 1.165) is 23.9 Å². The Morgan fingerprint density at radius 1 is 0.484 bits per heavy atom. The number of hydrogen-bond acceptors (Lipinski definition) is 18. The van der Waals surface area contributed by atoms with Crippen LogP contribution in [0.4, 0.5) is 8.78 Å². The van der Waals surface area contributed by atoms with Gasteiger partial charge in [0.05, 0.1) is 12.5 Å². The third-order valence-corrected chi connectivity index (χ3v) is 15.3. The largest absolute Gasteiger partial charge is 0.508 e. The van der Waals surface area contributed by atoms with Crippen molar-refractivity contribution in [2.45, 2.75) is 151 Å². The molecule has 9 atom stereocenters. The molecule has 18 N–H and O–H groups in total. The first-order valence-corrected chi connectivity index (χ1v) is 31.4. The number of phenolic OH excluding ortho intramolecular Hbond substituents is 1. The molecule has 0 aliphatic heterocycles. The number of carboxylic acids is 4. The summed E-state index contributed by atoms with van der Waals surface area (Å²) in [5.41, 5.74) is 10.6. The molecule has 9 amide bonds. The average molecular weight is 1350 g/mol. The number of nitrogens with one attached hydrogen (secondary N) is 8. The van der Waals surface area contributed by atoms with E-state index in [2.05, 4.69) is 42.5 Å². The standard InChI is InChI=1S/C58H76F2N10O21S2/c1-30(2)25-40(66-50(81)36(61)17-20-45(72)73)53(84)64-38(19-22-47(76)77)51(82)67-41(26-31-7-5-4-6-8-31)56(87)68-43(27-32-9-13-34(14-10-32)58(59,60)93(89,90)91)55(86)65-39(23-24-92-3)52(83)70-44(29-48(78)79)57(88)69-42(28-33-11-15-35(71)16-12-33)54(85)63-37(49(62)80)18-21-46(74)75/h4-16,30,36-44,71H,17-29,61H2,1-3H3,(H2,62,80)(H,63,85)(H,64,84)(H,65,86)(H,66,81)(H,67,82)(H,68,87)(H,69,88)(H,70,83)(H,72,73)(H,74,75)(H,76,77)(H,78,79)(H,89,90,91)/t36-,37-,38-,39-,40-,41-,42-,43-,44-/m0/s1. The van der Waals surface area contributed by atoms with Crippen LogP contribution in [-0.2, 0) is 97.0 Å². The van der Waals surface area contributed by atoms with Crippen LogP contribution in [0, 0.1) is 5.92 Å². The Morgan fingerprint density at radius 3 is 1.26 bits per heavy atom. The maximum atomic E-state index is 14.8. The van der Waals surface area contributed by atoms with Crippen molar-refractivity contribution in [1.29, 1.82) is 0 Å². The summed E-state index contributed by atoms with van der Waals surface area (Å²) in [4.78, 5) is 172. The van der Waals surface area contributed by atoms with E-state index in [0.29, 0.717) is 17.7 Å². The second-order valence-corrected chi connectivity index (χ2v) is 24.2. The van der Waals surface area contributed by atoms with Crippen LogP contribution in [-0.4, -0.2) is 182 Å². The molecule has 3 aromatic rings. The molecular weight excluding hydrogens is 1270 g/mol. The molecule has 3 rings (SSSR count). The fraction of sp³-hybridized carbons (Fsp3) is 0.466. The van der Waals surface area contributed by atoms with Crippen LogP contribution in [0.3, 0.4) is 0 Å². The van der Waals surface area contributed by atoms with Gasteiger partial charge in [0, 0.05) is 44.1 Å². The molecule has 0 saturated carbocycles. The number of halogens is 2. The van der Waals surface area contributed by atoms with Gasteiger partial charge < -0.3 is 79.5 Å². The summed E-state index contributed by atoms with van der Waals surface area (Å²) in [6, 6.07) is 0.356. The highest BCUT2D eigenvalue weighted by molar-refractivity contribution is 7.98. The van der Waals surface area contributed by atoms with E-state index in [-0.39, 0.29) is 47.8 Å². The van der Waals surface area contributed by atoms with E-state index < -0.39 is 210 Å². The number of alkyl halides is 2. The van der Waals surface area contributed by atoms with Gasteiger partial charge in [-0.1, -0.05) is 80.6 Å². The summed E-state index contributed by atoms with van der Waals surface area (Å²) in [6.45, 7) is 3.35. The lowest BCUT2D eigenvalue weighted by molar-refractivity contribution is -0.142. The van der Waals surface area contributed by atoms with Crippen LogP contribution < -0.4 is 54.0 Å². The Balaban J connectivity index is 2.13. The number of thioether (sulfide) groups is 1. The molecular formula is C58H76F2N10O21S2. The van der Waals surface area contributed by atoms with Gasteiger partial charge in [-0.15, -0.1) is 0 Å². The topological polar surface area (TPSA) is 526 Å². The van der Waals surface area contributed by atoms with Crippen molar-refractivity contribution < 1.29 is 110 Å². The molecule has 0 aliphatic carbocycles. The summed E-state index contributed by atoms with van der Waals surface area (Å²) >= 11 is 1.13. The van der Waals surface area contributed by atoms with Crippen molar-refractivity contribution in [2.24, 2.45) is 17.4 Å². The van der Waals surface area contributed by atoms with Gasteiger partial charge in [0.2, 0.25) is 53.2 Å². The molecule has 0 spiro atoms. The molecule has 0 fully saturated rings. The van der Waals surface area contributed by atoms with E-state index in [1.54, 1.807) is 38.3 Å². The molecule has 510 valence electrons. The van der Waals surface area contributed by atoms with Gasteiger partial charge in [0.1, 0.15) is 54.1 Å². The van der Waals surface area contributed by atoms with Gasteiger partial charge in [0.25, 0.3) is 0 Å². The fourth-order valence-corrected chi connectivity index (χ4v) is 9.75. The lowest BCUT2D eigenvalue weighted by Gasteiger charge is -2.28. The van der Waals surface area contributed by atoms with Crippen molar-refractivity contribution >= 4 is 98.9 Å². The number of aromatic hydroxyl groups is 1. The van der Waals surface area contributed by atoms with Gasteiger partial charge in [-0.25, -0.2) is 0 Å². The first kappa shape index (κ1) is 77.9. The zero-order valence-corrected chi connectivity index (χ0v) is 52.1. The van der Waals surface area contributed by atoms with Crippen molar-refractivity contribution in [3.8, 4) is 5.75 Å². The SMILES string of the molecule is CSCC[C@H](NC(=O)[C@H](Cc1ccc(C(F)(F)S(=O)(=O)O)cc1)NC(=O)[C@H](Cc1ccccc1)NC(=O)[C@H](CCC(=O)O)NC(=O)[C@H](CC(C)C)NC(=O)[C@@H](N)CCC(=O)O)C(=O)N[C@@H](CC(=O)O)C(=O)N[C@@H](Cc1ccc(O)cc1)C(=O)N[C@@H](CCC(=O)O)C(N)=O. The third kappa shape index (κ3) is 27.2. The summed E-state index contributed by atoms with van der Waals surface area (Å²) in [7, 11) is -6.03. The second kappa shape index (κ2) is 37.2. The number of carboxylic acid groups (broad SMARTS) is 4. The van der Waals surface area contributed by atoms with Crippen LogP contribution in [0.5, 0.6) is 5.75 Å². The second-order valence-electron chi connectivity index (χ2n) is 21.8. The minimum Gasteiger partial charge on any atom is -0.508 e. The van der Waals surface area contributed by atoms with Crippen LogP contribution >= 0.6 is 11.8 Å². The van der Waals surface area contributed by atoms with Gasteiger partial charge in [-0.2, -0.15) is 29.0 Å². The van der Waals surface area contributed by atoms with Crippen LogP contribution in [0.25, 0.3) is 0 Å². The molecule has 0 heterocycles. The minimum atomic E-state index is -6.03. The number of phenols is 1. The number of carbonyl (C=O) groups is 13. The quantitative estimate of drug-likeness (QED) is 0.0300.